The summed E-state index contributed by atoms with van der Waals surface area (Å²) in [7, 11) is -1.78. The van der Waals surface area contributed by atoms with E-state index in [1.165, 1.54) is 5.19 Å². The van der Waals surface area contributed by atoms with Crippen LogP contribution in [0.2, 0.25) is 13.1 Å². The Morgan fingerprint density at radius 3 is 2.22 bits per heavy atom. The van der Waals surface area contributed by atoms with Crippen LogP contribution >= 0.6 is 0 Å². The molecule has 1 rings (SSSR count). The van der Waals surface area contributed by atoms with Crippen molar-refractivity contribution in [2.75, 3.05) is 19.8 Å². The first-order chi connectivity index (χ1) is 8.37. The highest BCUT2D eigenvalue weighted by molar-refractivity contribution is 6.84. The fourth-order valence-corrected chi connectivity index (χ4v) is 3.63. The highest BCUT2D eigenvalue weighted by Crippen LogP contribution is 2.19. The summed E-state index contributed by atoms with van der Waals surface area (Å²) in [5.74, 6) is 0. The van der Waals surface area contributed by atoms with Crippen LogP contribution in [0.3, 0.4) is 0 Å². The standard InChI is InChI=1S/C15H26O2Si/c1-6-16-12-15(2,3)13-17-18(4,5)14-10-8-7-9-11-14/h7-11H,6,12-13H2,1-5H3. The first-order valence-electron chi connectivity index (χ1n) is 6.65. The lowest BCUT2D eigenvalue weighted by molar-refractivity contribution is 0.0394. The van der Waals surface area contributed by atoms with Crippen LogP contribution in [-0.4, -0.2) is 28.1 Å². The Hall–Kier alpha value is -0.643. The maximum atomic E-state index is 6.24. The van der Waals surface area contributed by atoms with Gasteiger partial charge < -0.3 is 9.16 Å². The molecule has 0 N–H and O–H groups in total. The van der Waals surface area contributed by atoms with E-state index in [0.717, 1.165) is 19.8 Å². The van der Waals surface area contributed by atoms with Crippen molar-refractivity contribution in [2.24, 2.45) is 5.41 Å². The lowest BCUT2D eigenvalue weighted by Gasteiger charge is -2.30. The van der Waals surface area contributed by atoms with Crippen molar-refractivity contribution < 1.29 is 9.16 Å². The average Bonchev–Trinajstić information content (AvgIpc) is 2.36. The van der Waals surface area contributed by atoms with Gasteiger partial charge in [-0.05, 0) is 25.2 Å². The molecular formula is C15H26O2Si. The van der Waals surface area contributed by atoms with Gasteiger partial charge in [0, 0.05) is 18.6 Å². The molecule has 0 saturated heterocycles. The van der Waals surface area contributed by atoms with Gasteiger partial charge in [-0.1, -0.05) is 44.2 Å². The summed E-state index contributed by atoms with van der Waals surface area (Å²) in [5, 5.41) is 1.34. The lowest BCUT2D eigenvalue weighted by atomic mass is 9.97. The Balaban J connectivity index is 2.56. The fourth-order valence-electron chi connectivity index (χ4n) is 1.72. The molecule has 0 aliphatic heterocycles. The summed E-state index contributed by atoms with van der Waals surface area (Å²) in [6, 6.07) is 10.5. The molecule has 0 spiro atoms. The second-order valence-electron chi connectivity index (χ2n) is 5.97. The normalized spacial score (nSPS) is 12.7. The van der Waals surface area contributed by atoms with Gasteiger partial charge in [-0.3, -0.25) is 0 Å². The summed E-state index contributed by atoms with van der Waals surface area (Å²) < 4.78 is 11.7. The molecule has 2 nitrogen and oxygen atoms in total. The summed E-state index contributed by atoms with van der Waals surface area (Å²) in [6.45, 7) is 13.2. The van der Waals surface area contributed by atoms with E-state index in [1.807, 2.05) is 13.0 Å². The van der Waals surface area contributed by atoms with Gasteiger partial charge in [0.25, 0.3) is 0 Å². The van der Waals surface area contributed by atoms with Gasteiger partial charge in [0.2, 0.25) is 8.32 Å². The zero-order valence-corrected chi connectivity index (χ0v) is 13.3. The topological polar surface area (TPSA) is 18.5 Å². The highest BCUT2D eigenvalue weighted by atomic mass is 28.4. The predicted molar refractivity (Wildman–Crippen MR) is 79.8 cm³/mol. The van der Waals surface area contributed by atoms with Crippen LogP contribution in [0, 0.1) is 5.41 Å². The molecule has 18 heavy (non-hydrogen) atoms. The molecule has 0 amide bonds. The third-order valence-electron chi connectivity index (χ3n) is 2.99. The van der Waals surface area contributed by atoms with Crippen molar-refractivity contribution in [1.82, 2.24) is 0 Å². The second-order valence-corrected chi connectivity index (χ2v) is 9.85. The quantitative estimate of drug-likeness (QED) is 0.706. The highest BCUT2D eigenvalue weighted by Gasteiger charge is 2.28. The molecule has 1 aromatic rings. The number of hydrogen-bond acceptors (Lipinski definition) is 2. The van der Waals surface area contributed by atoms with E-state index in [0.29, 0.717) is 0 Å². The summed E-state index contributed by atoms with van der Waals surface area (Å²) in [5.41, 5.74) is 0.0784. The number of hydrogen-bond donors (Lipinski definition) is 0. The minimum atomic E-state index is -1.78. The molecule has 0 aliphatic carbocycles. The Morgan fingerprint density at radius 2 is 1.67 bits per heavy atom. The van der Waals surface area contributed by atoms with E-state index in [9.17, 15) is 0 Å². The van der Waals surface area contributed by atoms with Crippen LogP contribution in [0.5, 0.6) is 0 Å². The molecule has 102 valence electrons. The Kier molecular flexibility index (Phi) is 5.57. The summed E-state index contributed by atoms with van der Waals surface area (Å²) in [6.07, 6.45) is 0. The molecule has 0 unspecified atom stereocenters. The molecular weight excluding hydrogens is 240 g/mol. The Bertz CT molecular complexity index is 347. The zero-order chi connectivity index (χ0) is 13.6. The molecule has 0 atom stereocenters. The average molecular weight is 266 g/mol. The van der Waals surface area contributed by atoms with Gasteiger partial charge in [0.05, 0.1) is 6.61 Å². The fraction of sp³-hybridized carbons (Fsp3) is 0.600. The monoisotopic (exact) mass is 266 g/mol. The molecule has 1 aromatic carbocycles. The third kappa shape index (κ3) is 4.92. The molecule has 0 saturated carbocycles. The zero-order valence-electron chi connectivity index (χ0n) is 12.3. The van der Waals surface area contributed by atoms with E-state index in [4.69, 9.17) is 9.16 Å². The van der Waals surface area contributed by atoms with Gasteiger partial charge in [0.15, 0.2) is 0 Å². The van der Waals surface area contributed by atoms with Crippen LogP contribution in [0.1, 0.15) is 20.8 Å². The summed E-state index contributed by atoms with van der Waals surface area (Å²) in [4.78, 5) is 0. The van der Waals surface area contributed by atoms with Gasteiger partial charge in [0.1, 0.15) is 0 Å². The van der Waals surface area contributed by atoms with Crippen molar-refractivity contribution in [3.05, 3.63) is 30.3 Å². The number of rotatable bonds is 7. The van der Waals surface area contributed by atoms with Crippen molar-refractivity contribution in [3.8, 4) is 0 Å². The van der Waals surface area contributed by atoms with E-state index >= 15 is 0 Å². The molecule has 0 radical (unpaired) electrons. The molecule has 0 aromatic heterocycles. The lowest BCUT2D eigenvalue weighted by Crippen LogP contribution is -2.47. The molecule has 0 aliphatic rings. The van der Waals surface area contributed by atoms with Crippen LogP contribution in [0.25, 0.3) is 0 Å². The molecule has 0 heterocycles. The molecule has 0 bridgehead atoms. The van der Waals surface area contributed by atoms with E-state index in [2.05, 4.69) is 51.2 Å². The number of benzene rings is 1. The maximum Gasteiger partial charge on any atom is 0.218 e. The smallest absolute Gasteiger partial charge is 0.218 e. The van der Waals surface area contributed by atoms with Crippen molar-refractivity contribution in [3.63, 3.8) is 0 Å². The molecule has 0 fully saturated rings. The second kappa shape index (κ2) is 6.50. The first kappa shape index (κ1) is 15.4. The van der Waals surface area contributed by atoms with E-state index < -0.39 is 8.32 Å². The van der Waals surface area contributed by atoms with Gasteiger partial charge in [-0.2, -0.15) is 0 Å². The Morgan fingerprint density at radius 1 is 1.06 bits per heavy atom. The third-order valence-corrected chi connectivity index (χ3v) is 5.58. The Labute approximate surface area is 112 Å². The minimum absolute atomic E-state index is 0.0784. The first-order valence-corrected chi connectivity index (χ1v) is 9.55. The van der Waals surface area contributed by atoms with Crippen molar-refractivity contribution in [2.45, 2.75) is 33.9 Å². The largest absolute Gasteiger partial charge is 0.412 e. The van der Waals surface area contributed by atoms with Crippen molar-refractivity contribution in [1.29, 1.82) is 0 Å². The van der Waals surface area contributed by atoms with Crippen LogP contribution in [0.15, 0.2) is 30.3 Å². The molecule has 3 heteroatoms. The SMILES string of the molecule is CCOCC(C)(C)CO[Si](C)(C)c1ccccc1. The van der Waals surface area contributed by atoms with Crippen LogP contribution in [0.4, 0.5) is 0 Å². The predicted octanol–water partition coefficient (Wildman–Crippen LogP) is 3.18. The van der Waals surface area contributed by atoms with Gasteiger partial charge in [-0.15, -0.1) is 0 Å². The minimum Gasteiger partial charge on any atom is -0.412 e. The van der Waals surface area contributed by atoms with Gasteiger partial charge >= 0.3 is 0 Å². The number of ether oxygens (including phenoxy) is 1. The van der Waals surface area contributed by atoms with E-state index in [1.54, 1.807) is 0 Å². The van der Waals surface area contributed by atoms with Crippen LogP contribution < -0.4 is 5.19 Å². The van der Waals surface area contributed by atoms with Gasteiger partial charge in [-0.25, -0.2) is 0 Å². The van der Waals surface area contributed by atoms with E-state index in [-0.39, 0.29) is 5.41 Å². The maximum absolute atomic E-state index is 6.24. The van der Waals surface area contributed by atoms with Crippen LogP contribution in [-0.2, 0) is 9.16 Å². The van der Waals surface area contributed by atoms with Crippen molar-refractivity contribution >= 4 is 13.5 Å². The summed E-state index contributed by atoms with van der Waals surface area (Å²) >= 11 is 0.